The Hall–Kier alpha value is -2.74. The molecule has 5 N–H and O–H groups in total. The third kappa shape index (κ3) is 2.50. The van der Waals surface area contributed by atoms with E-state index in [1.165, 1.54) is 6.07 Å². The lowest BCUT2D eigenvalue weighted by Gasteiger charge is -2.09. The van der Waals surface area contributed by atoms with Crippen LogP contribution in [0.3, 0.4) is 0 Å². The highest BCUT2D eigenvalue weighted by Gasteiger charge is 2.08. The standard InChI is InChI=1S/C13H13N5/c14-7-10-11(15)6-12(16)18-13(10)17-8-9-4-2-1-3-5-9/h1-6H,8H2,(H5,15,16,17,18). The smallest absolute Gasteiger partial charge is 0.148 e. The molecule has 0 atom stereocenters. The number of aromatic nitrogens is 1. The van der Waals surface area contributed by atoms with Crippen molar-refractivity contribution in [3.05, 3.63) is 47.5 Å². The molecule has 1 aromatic carbocycles. The molecule has 0 aliphatic carbocycles. The van der Waals surface area contributed by atoms with Crippen LogP contribution in [-0.2, 0) is 6.54 Å². The number of hydrogen-bond acceptors (Lipinski definition) is 5. The van der Waals surface area contributed by atoms with Gasteiger partial charge in [0.1, 0.15) is 23.3 Å². The van der Waals surface area contributed by atoms with E-state index in [0.717, 1.165) is 5.56 Å². The molecule has 0 aliphatic rings. The fourth-order valence-electron chi connectivity index (χ4n) is 1.61. The average Bonchev–Trinajstić information content (AvgIpc) is 2.37. The maximum Gasteiger partial charge on any atom is 0.148 e. The number of nitrogens with one attached hydrogen (secondary N) is 1. The summed E-state index contributed by atoms with van der Waals surface area (Å²) in [5, 5.41) is 12.1. The minimum absolute atomic E-state index is 0.294. The van der Waals surface area contributed by atoms with Crippen molar-refractivity contribution in [2.24, 2.45) is 0 Å². The van der Waals surface area contributed by atoms with Crippen molar-refractivity contribution in [2.45, 2.75) is 6.54 Å². The molecule has 2 rings (SSSR count). The quantitative estimate of drug-likeness (QED) is 0.757. The molecule has 1 aromatic heterocycles. The molecule has 0 fully saturated rings. The van der Waals surface area contributed by atoms with Crippen molar-refractivity contribution in [1.82, 2.24) is 4.98 Å². The molecule has 0 radical (unpaired) electrons. The molecule has 18 heavy (non-hydrogen) atoms. The molecule has 2 aromatic rings. The Morgan fingerprint density at radius 1 is 1.22 bits per heavy atom. The molecule has 0 saturated carbocycles. The van der Waals surface area contributed by atoms with Crippen molar-refractivity contribution in [3.63, 3.8) is 0 Å². The Balaban J connectivity index is 2.22. The fourth-order valence-corrected chi connectivity index (χ4v) is 1.61. The first kappa shape index (κ1) is 11.7. The van der Waals surface area contributed by atoms with E-state index < -0.39 is 0 Å². The van der Waals surface area contributed by atoms with E-state index >= 15 is 0 Å². The van der Waals surface area contributed by atoms with E-state index in [4.69, 9.17) is 16.7 Å². The number of nitriles is 1. The summed E-state index contributed by atoms with van der Waals surface area (Å²) < 4.78 is 0. The van der Waals surface area contributed by atoms with Crippen LogP contribution in [0.25, 0.3) is 0 Å². The molecular weight excluding hydrogens is 226 g/mol. The van der Waals surface area contributed by atoms with Gasteiger partial charge in [-0.2, -0.15) is 5.26 Å². The lowest BCUT2D eigenvalue weighted by molar-refractivity contribution is 1.11. The van der Waals surface area contributed by atoms with Gasteiger partial charge >= 0.3 is 0 Å². The van der Waals surface area contributed by atoms with Gasteiger partial charge < -0.3 is 16.8 Å². The van der Waals surface area contributed by atoms with E-state index in [-0.39, 0.29) is 0 Å². The molecular formula is C13H13N5. The lowest BCUT2D eigenvalue weighted by Crippen LogP contribution is -2.07. The van der Waals surface area contributed by atoms with Crippen molar-refractivity contribution in [1.29, 1.82) is 5.26 Å². The Bertz CT molecular complexity index is 586. The highest BCUT2D eigenvalue weighted by molar-refractivity contribution is 5.69. The van der Waals surface area contributed by atoms with Gasteiger partial charge in [-0.15, -0.1) is 0 Å². The molecule has 0 unspecified atom stereocenters. The summed E-state index contributed by atoms with van der Waals surface area (Å²) in [5.74, 6) is 0.709. The van der Waals surface area contributed by atoms with Crippen LogP contribution in [0.5, 0.6) is 0 Å². The second-order valence-corrected chi connectivity index (χ2v) is 3.81. The van der Waals surface area contributed by atoms with Crippen LogP contribution in [0.4, 0.5) is 17.3 Å². The zero-order chi connectivity index (χ0) is 13.0. The molecule has 0 bridgehead atoms. The van der Waals surface area contributed by atoms with E-state index in [0.29, 0.717) is 29.4 Å². The zero-order valence-corrected chi connectivity index (χ0v) is 9.72. The number of anilines is 3. The topological polar surface area (TPSA) is 101 Å². The van der Waals surface area contributed by atoms with Crippen molar-refractivity contribution in [3.8, 4) is 6.07 Å². The predicted molar refractivity (Wildman–Crippen MR) is 71.5 cm³/mol. The first-order chi connectivity index (χ1) is 8.70. The molecule has 5 nitrogen and oxygen atoms in total. The SMILES string of the molecule is N#Cc1c(N)cc(N)nc1NCc1ccccc1. The summed E-state index contributed by atoms with van der Waals surface area (Å²) in [7, 11) is 0. The highest BCUT2D eigenvalue weighted by atomic mass is 15.0. The number of pyridine rings is 1. The van der Waals surface area contributed by atoms with Crippen LogP contribution in [0.15, 0.2) is 36.4 Å². The Morgan fingerprint density at radius 3 is 2.61 bits per heavy atom. The van der Waals surface area contributed by atoms with E-state index in [9.17, 15) is 0 Å². The summed E-state index contributed by atoms with van der Waals surface area (Å²) in [6, 6.07) is 13.3. The second kappa shape index (κ2) is 5.06. The maximum atomic E-state index is 9.04. The van der Waals surface area contributed by atoms with Crippen molar-refractivity contribution in [2.75, 3.05) is 16.8 Å². The first-order valence-corrected chi connectivity index (χ1v) is 5.44. The van der Waals surface area contributed by atoms with Gasteiger partial charge in [0.2, 0.25) is 0 Å². The van der Waals surface area contributed by atoms with Crippen molar-refractivity contribution >= 4 is 17.3 Å². The van der Waals surface area contributed by atoms with Gasteiger partial charge in [0.15, 0.2) is 0 Å². The van der Waals surface area contributed by atoms with Gasteiger partial charge in [0, 0.05) is 12.6 Å². The molecule has 0 aliphatic heterocycles. The van der Waals surface area contributed by atoms with Gasteiger partial charge in [0.05, 0.1) is 5.69 Å². The summed E-state index contributed by atoms with van der Waals surface area (Å²) in [6.45, 7) is 0.561. The van der Waals surface area contributed by atoms with Gasteiger partial charge in [-0.05, 0) is 5.56 Å². The number of hydrogen-bond donors (Lipinski definition) is 3. The van der Waals surface area contributed by atoms with Gasteiger partial charge in [-0.25, -0.2) is 4.98 Å². The Labute approximate surface area is 105 Å². The Morgan fingerprint density at radius 2 is 1.94 bits per heavy atom. The van der Waals surface area contributed by atoms with Gasteiger partial charge in [-0.1, -0.05) is 30.3 Å². The molecule has 0 spiro atoms. The number of rotatable bonds is 3. The summed E-state index contributed by atoms with van der Waals surface area (Å²) in [5.41, 5.74) is 13.1. The minimum atomic E-state index is 0.294. The minimum Gasteiger partial charge on any atom is -0.397 e. The van der Waals surface area contributed by atoms with E-state index in [2.05, 4.69) is 10.3 Å². The summed E-state index contributed by atoms with van der Waals surface area (Å²) in [4.78, 5) is 4.08. The van der Waals surface area contributed by atoms with Crippen LogP contribution >= 0.6 is 0 Å². The van der Waals surface area contributed by atoms with Crippen molar-refractivity contribution < 1.29 is 0 Å². The largest absolute Gasteiger partial charge is 0.397 e. The molecule has 90 valence electrons. The molecule has 0 saturated heterocycles. The summed E-state index contributed by atoms with van der Waals surface area (Å²) in [6.07, 6.45) is 0. The lowest BCUT2D eigenvalue weighted by atomic mass is 10.2. The zero-order valence-electron chi connectivity index (χ0n) is 9.72. The predicted octanol–water partition coefficient (Wildman–Crippen LogP) is 1.73. The molecule has 5 heteroatoms. The van der Waals surface area contributed by atoms with Crippen LogP contribution in [-0.4, -0.2) is 4.98 Å². The van der Waals surface area contributed by atoms with Crippen LogP contribution in [0.2, 0.25) is 0 Å². The van der Waals surface area contributed by atoms with Gasteiger partial charge in [0.25, 0.3) is 0 Å². The molecule has 0 amide bonds. The van der Waals surface area contributed by atoms with Gasteiger partial charge in [-0.3, -0.25) is 0 Å². The van der Waals surface area contributed by atoms with Crippen LogP contribution in [0.1, 0.15) is 11.1 Å². The highest BCUT2D eigenvalue weighted by Crippen LogP contribution is 2.21. The number of benzene rings is 1. The third-order valence-electron chi connectivity index (χ3n) is 2.48. The first-order valence-electron chi connectivity index (χ1n) is 5.44. The molecule has 1 heterocycles. The number of nitrogen functional groups attached to an aromatic ring is 2. The monoisotopic (exact) mass is 239 g/mol. The number of nitrogens with two attached hydrogens (primary N) is 2. The third-order valence-corrected chi connectivity index (χ3v) is 2.48. The Kier molecular flexibility index (Phi) is 3.30. The summed E-state index contributed by atoms with van der Waals surface area (Å²) >= 11 is 0. The normalized spacial score (nSPS) is 9.72. The second-order valence-electron chi connectivity index (χ2n) is 3.81. The van der Waals surface area contributed by atoms with E-state index in [1.807, 2.05) is 36.4 Å². The van der Waals surface area contributed by atoms with E-state index in [1.54, 1.807) is 0 Å². The maximum absolute atomic E-state index is 9.04. The average molecular weight is 239 g/mol. The van der Waals surface area contributed by atoms with Crippen LogP contribution in [0, 0.1) is 11.3 Å². The number of nitrogens with zero attached hydrogens (tertiary/aromatic N) is 2. The van der Waals surface area contributed by atoms with Crippen LogP contribution < -0.4 is 16.8 Å². The fraction of sp³-hybridized carbons (Fsp3) is 0.0769.